The summed E-state index contributed by atoms with van der Waals surface area (Å²) in [7, 11) is 0. The molecule has 0 bridgehead atoms. The molecule has 0 aliphatic rings. The zero-order chi connectivity index (χ0) is 38.4. The topological polar surface area (TPSA) is 64.7 Å². The van der Waals surface area contributed by atoms with Crippen LogP contribution >= 0.6 is 11.3 Å². The highest BCUT2D eigenvalue weighted by molar-refractivity contribution is 7.21. The molecular formula is C52H32N4OS. The van der Waals surface area contributed by atoms with Crippen LogP contribution in [0.4, 0.5) is 0 Å². The molecule has 0 amide bonds. The second kappa shape index (κ2) is 14.2. The van der Waals surface area contributed by atoms with Crippen molar-refractivity contribution in [2.75, 3.05) is 0 Å². The van der Waals surface area contributed by atoms with Gasteiger partial charge in [0.1, 0.15) is 16.2 Å². The lowest BCUT2D eigenvalue weighted by Gasteiger charge is -2.10. The molecule has 8 aromatic carbocycles. The number of hydrogen-bond donors (Lipinski definition) is 0. The van der Waals surface area contributed by atoms with Gasteiger partial charge in [-0.1, -0.05) is 176 Å². The number of fused-ring (bicyclic) bond motifs is 5. The van der Waals surface area contributed by atoms with E-state index in [1.165, 1.54) is 16.7 Å². The van der Waals surface area contributed by atoms with Gasteiger partial charge in [0, 0.05) is 27.6 Å². The molecular weight excluding hydrogens is 729 g/mol. The first-order chi connectivity index (χ1) is 28.7. The van der Waals surface area contributed by atoms with Crippen molar-refractivity contribution in [1.29, 1.82) is 0 Å². The fourth-order valence-electron chi connectivity index (χ4n) is 7.69. The van der Waals surface area contributed by atoms with Crippen LogP contribution in [0.15, 0.2) is 199 Å². The molecule has 3 heterocycles. The largest absolute Gasteiger partial charge is 0.456 e. The average molecular weight is 761 g/mol. The van der Waals surface area contributed by atoms with Crippen molar-refractivity contribution >= 4 is 43.5 Å². The number of nitrogens with zero attached hydrogens (tertiary/aromatic N) is 4. The number of benzene rings is 8. The Morgan fingerprint density at radius 2 is 0.741 bits per heavy atom. The Morgan fingerprint density at radius 1 is 0.310 bits per heavy atom. The Bertz CT molecular complexity index is 3230. The van der Waals surface area contributed by atoms with Crippen molar-refractivity contribution in [3.8, 4) is 78.1 Å². The SMILES string of the molecule is c1ccc(-c2ccc(-c3nc(-c4ccccc4)nc(-c4ccc(-c5cccc6oc7ccc8sc(-c9ccc(-c%10ccccc%10)cc9)nc8c7c56)cc4)n3)cc2)cc1. The van der Waals surface area contributed by atoms with Gasteiger partial charge in [-0.2, -0.15) is 0 Å². The lowest BCUT2D eigenvalue weighted by atomic mass is 9.98. The summed E-state index contributed by atoms with van der Waals surface area (Å²) in [6.45, 7) is 0. The van der Waals surface area contributed by atoms with Crippen molar-refractivity contribution in [1.82, 2.24) is 19.9 Å². The molecule has 0 saturated carbocycles. The fraction of sp³-hybridized carbons (Fsp3) is 0. The second-order valence-electron chi connectivity index (χ2n) is 14.2. The van der Waals surface area contributed by atoms with Crippen molar-refractivity contribution < 1.29 is 4.42 Å². The van der Waals surface area contributed by atoms with Crippen LogP contribution in [0.1, 0.15) is 0 Å². The lowest BCUT2D eigenvalue weighted by Crippen LogP contribution is -2.00. The molecule has 0 radical (unpaired) electrons. The van der Waals surface area contributed by atoms with Crippen LogP contribution in [0.5, 0.6) is 0 Å². The summed E-state index contributed by atoms with van der Waals surface area (Å²) in [5, 5.41) is 3.07. The maximum atomic E-state index is 6.48. The van der Waals surface area contributed by atoms with Crippen LogP contribution in [0, 0.1) is 0 Å². The van der Waals surface area contributed by atoms with Gasteiger partial charge >= 0.3 is 0 Å². The molecule has 3 aromatic heterocycles. The van der Waals surface area contributed by atoms with Crippen LogP contribution in [-0.2, 0) is 0 Å². The number of aromatic nitrogens is 4. The van der Waals surface area contributed by atoms with E-state index in [2.05, 4.69) is 146 Å². The molecule has 0 N–H and O–H groups in total. The summed E-state index contributed by atoms with van der Waals surface area (Å²) in [6.07, 6.45) is 0. The highest BCUT2D eigenvalue weighted by Gasteiger charge is 2.19. The Labute approximate surface area is 338 Å². The Hall–Kier alpha value is -7.54. The minimum Gasteiger partial charge on any atom is -0.456 e. The Balaban J connectivity index is 0.971. The standard InChI is InChI=1S/C52H32N4OS/c1-4-11-33(12-5-1)35-19-25-39(26-20-35)50-54-49(38-15-8-3-9-16-38)55-51(56-50)40-27-23-37(24-28-40)42-17-10-18-43-46(42)47-44(57-43)31-32-45-48(47)53-52(58-45)41-29-21-36(22-30-41)34-13-6-2-7-14-34/h1-32H. The van der Waals surface area contributed by atoms with E-state index in [0.29, 0.717) is 17.5 Å². The summed E-state index contributed by atoms with van der Waals surface area (Å²) in [5.41, 5.74) is 13.3. The first kappa shape index (κ1) is 33.8. The molecule has 11 rings (SSSR count). The van der Waals surface area contributed by atoms with Crippen LogP contribution in [0.2, 0.25) is 0 Å². The minimum absolute atomic E-state index is 0.614. The molecule has 58 heavy (non-hydrogen) atoms. The second-order valence-corrected chi connectivity index (χ2v) is 15.3. The Kier molecular flexibility index (Phi) is 8.26. The highest BCUT2D eigenvalue weighted by Crippen LogP contribution is 2.43. The summed E-state index contributed by atoms with van der Waals surface area (Å²) in [5.74, 6) is 1.87. The van der Waals surface area contributed by atoms with E-state index in [-0.39, 0.29) is 0 Å². The third-order valence-corrected chi connectivity index (χ3v) is 11.7. The van der Waals surface area contributed by atoms with Gasteiger partial charge in [-0.25, -0.2) is 19.9 Å². The van der Waals surface area contributed by atoms with Crippen molar-refractivity contribution in [2.24, 2.45) is 0 Å². The molecule has 5 nitrogen and oxygen atoms in total. The molecule has 0 aliphatic carbocycles. The number of rotatable bonds is 7. The van der Waals surface area contributed by atoms with Crippen molar-refractivity contribution in [3.05, 3.63) is 194 Å². The van der Waals surface area contributed by atoms with Crippen LogP contribution in [0.25, 0.3) is 110 Å². The molecule has 0 saturated heterocycles. The Morgan fingerprint density at radius 3 is 1.29 bits per heavy atom. The summed E-state index contributed by atoms with van der Waals surface area (Å²) >= 11 is 1.71. The predicted octanol–water partition coefficient (Wildman–Crippen LogP) is 14.0. The summed E-state index contributed by atoms with van der Waals surface area (Å²) < 4.78 is 7.60. The predicted molar refractivity (Wildman–Crippen MR) is 238 cm³/mol. The van der Waals surface area contributed by atoms with E-state index in [1.807, 2.05) is 48.5 Å². The van der Waals surface area contributed by atoms with E-state index in [4.69, 9.17) is 24.4 Å². The average Bonchev–Trinajstić information content (AvgIpc) is 3.92. The minimum atomic E-state index is 0.614. The maximum Gasteiger partial charge on any atom is 0.164 e. The van der Waals surface area contributed by atoms with Gasteiger partial charge in [-0.05, 0) is 51.6 Å². The normalized spacial score (nSPS) is 11.4. The first-order valence-corrected chi connectivity index (χ1v) is 20.0. The van der Waals surface area contributed by atoms with E-state index in [1.54, 1.807) is 11.3 Å². The zero-order valence-corrected chi connectivity index (χ0v) is 31.9. The smallest absolute Gasteiger partial charge is 0.164 e. The van der Waals surface area contributed by atoms with Crippen LogP contribution in [-0.4, -0.2) is 19.9 Å². The lowest BCUT2D eigenvalue weighted by molar-refractivity contribution is 0.669. The number of hydrogen-bond acceptors (Lipinski definition) is 6. The van der Waals surface area contributed by atoms with Crippen LogP contribution < -0.4 is 0 Å². The van der Waals surface area contributed by atoms with Crippen molar-refractivity contribution in [3.63, 3.8) is 0 Å². The van der Waals surface area contributed by atoms with E-state index in [9.17, 15) is 0 Å². The molecule has 11 aromatic rings. The molecule has 6 heteroatoms. The third kappa shape index (κ3) is 6.13. The molecule has 0 fully saturated rings. The highest BCUT2D eigenvalue weighted by atomic mass is 32.1. The van der Waals surface area contributed by atoms with Crippen molar-refractivity contribution in [2.45, 2.75) is 0 Å². The van der Waals surface area contributed by atoms with Gasteiger partial charge < -0.3 is 4.42 Å². The summed E-state index contributed by atoms with van der Waals surface area (Å²) in [4.78, 5) is 20.2. The van der Waals surface area contributed by atoms with Gasteiger partial charge in [-0.3, -0.25) is 0 Å². The van der Waals surface area contributed by atoms with Gasteiger partial charge in [0.15, 0.2) is 17.5 Å². The van der Waals surface area contributed by atoms with E-state index in [0.717, 1.165) is 76.1 Å². The monoisotopic (exact) mass is 760 g/mol. The fourth-order valence-corrected chi connectivity index (χ4v) is 8.67. The van der Waals surface area contributed by atoms with Gasteiger partial charge in [-0.15, -0.1) is 11.3 Å². The molecule has 0 aliphatic heterocycles. The van der Waals surface area contributed by atoms with Crippen LogP contribution in [0.3, 0.4) is 0 Å². The molecule has 0 unspecified atom stereocenters. The van der Waals surface area contributed by atoms with Gasteiger partial charge in [0.25, 0.3) is 0 Å². The van der Waals surface area contributed by atoms with Gasteiger partial charge in [0.2, 0.25) is 0 Å². The third-order valence-electron chi connectivity index (χ3n) is 10.6. The van der Waals surface area contributed by atoms with E-state index < -0.39 is 0 Å². The summed E-state index contributed by atoms with van der Waals surface area (Å²) in [6, 6.07) is 66.9. The molecule has 0 atom stereocenters. The number of furan rings is 1. The molecule has 0 spiro atoms. The van der Waals surface area contributed by atoms with E-state index >= 15 is 0 Å². The quantitative estimate of drug-likeness (QED) is 0.162. The molecule has 272 valence electrons. The van der Waals surface area contributed by atoms with Gasteiger partial charge in [0.05, 0.1) is 15.6 Å². The first-order valence-electron chi connectivity index (χ1n) is 19.2. The maximum absolute atomic E-state index is 6.48. The number of thiazole rings is 1. The zero-order valence-electron chi connectivity index (χ0n) is 31.1.